The minimum absolute atomic E-state index is 0.299. The number of halogens is 1. The van der Waals surface area contributed by atoms with Gasteiger partial charge >= 0.3 is 5.97 Å². The highest BCUT2D eigenvalue weighted by Crippen LogP contribution is 2.24. The number of hydrogen-bond acceptors (Lipinski definition) is 3. The number of methoxy groups -OCH3 is 1. The van der Waals surface area contributed by atoms with Gasteiger partial charge in [-0.2, -0.15) is 0 Å². The molecule has 0 saturated heterocycles. The molecule has 0 aliphatic carbocycles. The smallest absolute Gasteiger partial charge is 0.323 e. The second-order valence-electron chi connectivity index (χ2n) is 4.37. The zero-order valence-electron chi connectivity index (χ0n) is 12.0. The number of carboxylic acid groups (broad SMARTS) is 1. The second kappa shape index (κ2) is 8.46. The third-order valence-corrected chi connectivity index (χ3v) is 3.22. The predicted octanol–water partition coefficient (Wildman–Crippen LogP) is 2.79. The first-order valence-electron chi connectivity index (χ1n) is 6.50. The van der Waals surface area contributed by atoms with Crippen LogP contribution in [-0.2, 0) is 9.59 Å². The van der Waals surface area contributed by atoms with E-state index in [2.05, 4.69) is 15.9 Å². The van der Waals surface area contributed by atoms with Gasteiger partial charge in [-0.15, -0.1) is 0 Å². The lowest BCUT2D eigenvalue weighted by Gasteiger charge is -2.17. The zero-order valence-corrected chi connectivity index (χ0v) is 13.6. The summed E-state index contributed by atoms with van der Waals surface area (Å²) in [5, 5.41) is 8.82. The zero-order chi connectivity index (χ0) is 15.8. The highest BCUT2D eigenvalue weighted by molar-refractivity contribution is 9.10. The van der Waals surface area contributed by atoms with E-state index < -0.39 is 5.97 Å². The van der Waals surface area contributed by atoms with Gasteiger partial charge in [0.05, 0.1) is 7.11 Å². The Kier molecular flexibility index (Phi) is 6.94. The molecule has 21 heavy (non-hydrogen) atoms. The Morgan fingerprint density at radius 2 is 2.14 bits per heavy atom. The van der Waals surface area contributed by atoms with E-state index in [1.54, 1.807) is 19.3 Å². The van der Waals surface area contributed by atoms with E-state index in [1.165, 1.54) is 11.0 Å². The number of ether oxygens (including phenoxy) is 1. The lowest BCUT2D eigenvalue weighted by molar-refractivity contribution is -0.142. The van der Waals surface area contributed by atoms with E-state index >= 15 is 0 Å². The van der Waals surface area contributed by atoms with Crippen LogP contribution in [0.5, 0.6) is 5.75 Å². The molecular formula is C15H18BrNO4. The van der Waals surface area contributed by atoms with Gasteiger partial charge in [0.25, 0.3) is 0 Å². The maximum atomic E-state index is 12.0. The maximum absolute atomic E-state index is 12.0. The first-order valence-corrected chi connectivity index (χ1v) is 7.29. The SMILES string of the molecule is CCCN(CC(=O)O)C(=O)/C=C/c1cc(Br)ccc1OC. The lowest BCUT2D eigenvalue weighted by atomic mass is 10.2. The Morgan fingerprint density at radius 3 is 2.71 bits per heavy atom. The number of benzene rings is 1. The third kappa shape index (κ3) is 5.59. The topological polar surface area (TPSA) is 66.8 Å². The molecule has 1 rings (SSSR count). The largest absolute Gasteiger partial charge is 0.496 e. The molecule has 0 bridgehead atoms. The quantitative estimate of drug-likeness (QED) is 0.763. The minimum Gasteiger partial charge on any atom is -0.496 e. The number of carbonyl (C=O) groups excluding carboxylic acids is 1. The van der Waals surface area contributed by atoms with Crippen LogP contribution < -0.4 is 4.74 Å². The van der Waals surface area contributed by atoms with Gasteiger partial charge in [-0.3, -0.25) is 9.59 Å². The molecule has 1 N–H and O–H groups in total. The van der Waals surface area contributed by atoms with E-state index in [4.69, 9.17) is 9.84 Å². The van der Waals surface area contributed by atoms with Crippen molar-refractivity contribution in [3.8, 4) is 5.75 Å². The average Bonchev–Trinajstić information content (AvgIpc) is 2.44. The van der Waals surface area contributed by atoms with E-state index in [0.717, 1.165) is 10.0 Å². The molecule has 5 nitrogen and oxygen atoms in total. The Balaban J connectivity index is 2.89. The molecule has 0 aromatic heterocycles. The van der Waals surface area contributed by atoms with Gasteiger partial charge in [0.15, 0.2) is 0 Å². The second-order valence-corrected chi connectivity index (χ2v) is 5.29. The van der Waals surface area contributed by atoms with Gasteiger partial charge in [0.2, 0.25) is 5.91 Å². The van der Waals surface area contributed by atoms with Crippen molar-refractivity contribution in [2.24, 2.45) is 0 Å². The number of rotatable bonds is 7. The van der Waals surface area contributed by atoms with Crippen molar-refractivity contribution >= 4 is 33.9 Å². The van der Waals surface area contributed by atoms with Gasteiger partial charge in [0, 0.05) is 22.7 Å². The third-order valence-electron chi connectivity index (χ3n) is 2.73. The highest BCUT2D eigenvalue weighted by Gasteiger charge is 2.13. The summed E-state index contributed by atoms with van der Waals surface area (Å²) < 4.78 is 6.08. The standard InChI is InChI=1S/C15H18BrNO4/c1-3-8-17(10-15(19)20)14(18)7-4-11-9-12(16)5-6-13(11)21-2/h4-7,9H,3,8,10H2,1-2H3,(H,19,20)/b7-4+. The van der Waals surface area contributed by atoms with Crippen LogP contribution in [0.2, 0.25) is 0 Å². The molecule has 0 spiro atoms. The van der Waals surface area contributed by atoms with Crippen LogP contribution >= 0.6 is 15.9 Å². The fraction of sp³-hybridized carbons (Fsp3) is 0.333. The number of nitrogens with zero attached hydrogens (tertiary/aromatic N) is 1. The van der Waals surface area contributed by atoms with Crippen LogP contribution in [0.3, 0.4) is 0 Å². The van der Waals surface area contributed by atoms with Crippen LogP contribution in [0.4, 0.5) is 0 Å². The molecule has 0 heterocycles. The Morgan fingerprint density at radius 1 is 1.43 bits per heavy atom. The van der Waals surface area contributed by atoms with Crippen LogP contribution in [0, 0.1) is 0 Å². The molecule has 114 valence electrons. The highest BCUT2D eigenvalue weighted by atomic mass is 79.9. The number of carbonyl (C=O) groups is 2. The number of carboxylic acids is 1. The Labute approximate surface area is 132 Å². The molecule has 0 radical (unpaired) electrons. The molecule has 1 aromatic rings. The summed E-state index contributed by atoms with van der Waals surface area (Å²) in [5.74, 6) is -0.714. The molecule has 0 aliphatic rings. The van der Waals surface area contributed by atoms with Gasteiger partial charge in [-0.05, 0) is 30.7 Å². The first-order chi connectivity index (χ1) is 9.97. The van der Waals surface area contributed by atoms with Gasteiger partial charge in [-0.1, -0.05) is 22.9 Å². The molecule has 6 heteroatoms. The molecule has 0 unspecified atom stereocenters. The predicted molar refractivity (Wildman–Crippen MR) is 84.2 cm³/mol. The van der Waals surface area contributed by atoms with Crippen LogP contribution in [0.1, 0.15) is 18.9 Å². The number of aliphatic carboxylic acids is 1. The number of hydrogen-bond donors (Lipinski definition) is 1. The van der Waals surface area contributed by atoms with Crippen molar-refractivity contribution in [1.82, 2.24) is 4.90 Å². The van der Waals surface area contributed by atoms with Crippen LogP contribution in [0.15, 0.2) is 28.7 Å². The van der Waals surface area contributed by atoms with Crippen molar-refractivity contribution in [1.29, 1.82) is 0 Å². The van der Waals surface area contributed by atoms with E-state index in [0.29, 0.717) is 18.7 Å². The summed E-state index contributed by atoms with van der Waals surface area (Å²) in [5.41, 5.74) is 0.743. The van der Waals surface area contributed by atoms with Gasteiger partial charge in [0.1, 0.15) is 12.3 Å². The lowest BCUT2D eigenvalue weighted by Crippen LogP contribution is -2.35. The normalized spacial score (nSPS) is 10.6. The summed E-state index contributed by atoms with van der Waals surface area (Å²) in [6.45, 7) is 2.00. The van der Waals surface area contributed by atoms with Crippen molar-refractivity contribution in [2.45, 2.75) is 13.3 Å². The first kappa shape index (κ1) is 17.2. The summed E-state index contributed by atoms with van der Waals surface area (Å²) in [4.78, 5) is 24.1. The van der Waals surface area contributed by atoms with Crippen molar-refractivity contribution in [2.75, 3.05) is 20.2 Å². The van der Waals surface area contributed by atoms with Crippen molar-refractivity contribution < 1.29 is 19.4 Å². The summed E-state index contributed by atoms with van der Waals surface area (Å²) in [7, 11) is 1.55. The molecule has 1 aromatic carbocycles. The summed E-state index contributed by atoms with van der Waals surface area (Å²) in [6.07, 6.45) is 3.69. The molecule has 0 fully saturated rings. The van der Waals surface area contributed by atoms with Crippen molar-refractivity contribution in [3.63, 3.8) is 0 Å². The fourth-order valence-corrected chi connectivity index (χ4v) is 2.18. The summed E-state index contributed by atoms with van der Waals surface area (Å²) in [6, 6.07) is 5.45. The molecule has 0 aliphatic heterocycles. The Hall–Kier alpha value is -1.82. The summed E-state index contributed by atoms with van der Waals surface area (Å²) >= 11 is 3.36. The van der Waals surface area contributed by atoms with Crippen molar-refractivity contribution in [3.05, 3.63) is 34.3 Å². The molecular weight excluding hydrogens is 338 g/mol. The van der Waals surface area contributed by atoms with E-state index in [-0.39, 0.29) is 12.5 Å². The van der Waals surface area contributed by atoms with E-state index in [1.807, 2.05) is 19.1 Å². The molecule has 0 saturated carbocycles. The van der Waals surface area contributed by atoms with Crippen LogP contribution in [0.25, 0.3) is 6.08 Å². The van der Waals surface area contributed by atoms with E-state index in [9.17, 15) is 9.59 Å². The minimum atomic E-state index is -1.02. The number of amides is 1. The fourth-order valence-electron chi connectivity index (χ4n) is 1.80. The Bertz CT molecular complexity index is 542. The van der Waals surface area contributed by atoms with Gasteiger partial charge < -0.3 is 14.7 Å². The average molecular weight is 356 g/mol. The molecule has 1 amide bonds. The van der Waals surface area contributed by atoms with Crippen LogP contribution in [-0.4, -0.2) is 42.1 Å². The monoisotopic (exact) mass is 355 g/mol. The molecule has 0 atom stereocenters. The van der Waals surface area contributed by atoms with Gasteiger partial charge in [-0.25, -0.2) is 0 Å². The maximum Gasteiger partial charge on any atom is 0.323 e.